The summed E-state index contributed by atoms with van der Waals surface area (Å²) in [6, 6.07) is 13.7. The maximum Gasteiger partial charge on any atom is 0.243 e. The number of benzene rings is 2. The first kappa shape index (κ1) is 23.1. The summed E-state index contributed by atoms with van der Waals surface area (Å²) < 4.78 is 38.0. The Labute approximate surface area is 184 Å². The summed E-state index contributed by atoms with van der Waals surface area (Å²) in [6.45, 7) is 2.61. The molecule has 0 aromatic heterocycles. The molecule has 2 aromatic rings. The molecular weight excluding hydrogens is 416 g/mol. The monoisotopic (exact) mass is 446 g/mol. The highest BCUT2D eigenvalue weighted by atomic mass is 32.2. The van der Waals surface area contributed by atoms with Gasteiger partial charge in [-0.15, -0.1) is 0 Å². The maximum absolute atomic E-state index is 13.0. The van der Waals surface area contributed by atoms with Crippen molar-refractivity contribution < 1.29 is 22.7 Å². The Bertz CT molecular complexity index is 994. The zero-order chi connectivity index (χ0) is 22.4. The highest BCUT2D eigenvalue weighted by Crippen LogP contribution is 2.31. The number of carbonyl (C=O) groups is 1. The normalized spacial score (nSPS) is 18.2. The number of amides is 1. The van der Waals surface area contributed by atoms with Crippen LogP contribution in [0.2, 0.25) is 0 Å². The maximum atomic E-state index is 13.0. The molecule has 1 amide bonds. The Hall–Kier alpha value is -2.58. The fourth-order valence-electron chi connectivity index (χ4n) is 3.90. The molecule has 8 heteroatoms. The van der Waals surface area contributed by atoms with E-state index < -0.39 is 10.0 Å². The van der Waals surface area contributed by atoms with Gasteiger partial charge in [-0.3, -0.25) is 4.79 Å². The van der Waals surface area contributed by atoms with Gasteiger partial charge in [0.25, 0.3) is 0 Å². The van der Waals surface area contributed by atoms with E-state index in [2.05, 4.69) is 5.32 Å². The van der Waals surface area contributed by atoms with Gasteiger partial charge >= 0.3 is 0 Å². The Morgan fingerprint density at radius 3 is 2.48 bits per heavy atom. The van der Waals surface area contributed by atoms with Crippen LogP contribution in [-0.4, -0.2) is 45.9 Å². The summed E-state index contributed by atoms with van der Waals surface area (Å²) in [5, 5.41) is 3.10. The van der Waals surface area contributed by atoms with Crippen molar-refractivity contribution in [2.45, 2.75) is 37.1 Å². The number of nitrogens with one attached hydrogen (secondary N) is 1. The van der Waals surface area contributed by atoms with E-state index in [1.54, 1.807) is 44.6 Å². The first-order valence-corrected chi connectivity index (χ1v) is 11.9. The second-order valence-corrected chi connectivity index (χ2v) is 9.54. The molecule has 1 saturated heterocycles. The van der Waals surface area contributed by atoms with Gasteiger partial charge in [-0.25, -0.2) is 8.42 Å². The molecule has 0 saturated carbocycles. The van der Waals surface area contributed by atoms with Crippen LogP contribution in [0.5, 0.6) is 11.5 Å². The van der Waals surface area contributed by atoms with Gasteiger partial charge in [0.1, 0.15) is 0 Å². The van der Waals surface area contributed by atoms with E-state index in [9.17, 15) is 13.2 Å². The number of hydrogen-bond acceptors (Lipinski definition) is 5. The molecule has 0 aliphatic carbocycles. The van der Waals surface area contributed by atoms with E-state index in [0.29, 0.717) is 37.3 Å². The number of rotatable bonds is 8. The predicted octanol–water partition coefficient (Wildman–Crippen LogP) is 3.37. The molecule has 0 unspecified atom stereocenters. The Kier molecular flexibility index (Phi) is 7.56. The van der Waals surface area contributed by atoms with E-state index in [1.165, 1.54) is 4.31 Å². The number of ether oxygens (including phenoxy) is 2. The third-order valence-corrected chi connectivity index (χ3v) is 7.55. The predicted molar refractivity (Wildman–Crippen MR) is 119 cm³/mol. The van der Waals surface area contributed by atoms with Gasteiger partial charge in [0.15, 0.2) is 11.5 Å². The largest absolute Gasteiger partial charge is 0.493 e. The average Bonchev–Trinajstić information content (AvgIpc) is 2.82. The van der Waals surface area contributed by atoms with Gasteiger partial charge in [0, 0.05) is 13.1 Å². The van der Waals surface area contributed by atoms with E-state index in [4.69, 9.17) is 9.47 Å². The highest BCUT2D eigenvalue weighted by Gasteiger charge is 2.33. The standard InChI is InChI=1S/C23H30N2O5S/c1-4-20(17-12-13-21(29-2)22(15-17)30-3)24-23(26)18-9-8-14-25(16-18)31(27,28)19-10-6-5-7-11-19/h5-7,10-13,15,18,20H,4,8-9,14,16H2,1-3H3,(H,24,26)/t18-,20-/m1/s1. The van der Waals surface area contributed by atoms with Crippen LogP contribution in [0.15, 0.2) is 53.4 Å². The summed E-state index contributed by atoms with van der Waals surface area (Å²) >= 11 is 0. The molecular formula is C23H30N2O5S. The van der Waals surface area contributed by atoms with Crippen molar-refractivity contribution in [3.8, 4) is 11.5 Å². The van der Waals surface area contributed by atoms with Gasteiger partial charge in [-0.05, 0) is 49.1 Å². The summed E-state index contributed by atoms with van der Waals surface area (Å²) in [5.41, 5.74) is 0.915. The molecule has 0 spiro atoms. The van der Waals surface area contributed by atoms with Crippen LogP contribution in [0, 0.1) is 5.92 Å². The summed E-state index contributed by atoms with van der Waals surface area (Å²) in [7, 11) is -0.456. The van der Waals surface area contributed by atoms with Crippen molar-refractivity contribution in [2.24, 2.45) is 5.92 Å². The number of carbonyl (C=O) groups excluding carboxylic acids is 1. The minimum atomic E-state index is -3.61. The SMILES string of the molecule is CC[C@@H](NC(=O)[C@@H]1CCCN(S(=O)(=O)c2ccccc2)C1)c1ccc(OC)c(OC)c1. The number of sulfonamides is 1. The molecule has 1 fully saturated rings. The molecule has 2 aromatic carbocycles. The molecule has 1 aliphatic heterocycles. The molecule has 0 radical (unpaired) electrons. The zero-order valence-electron chi connectivity index (χ0n) is 18.2. The van der Waals surface area contributed by atoms with Crippen LogP contribution in [0.25, 0.3) is 0 Å². The molecule has 1 heterocycles. The lowest BCUT2D eigenvalue weighted by Gasteiger charge is -2.32. The number of hydrogen-bond donors (Lipinski definition) is 1. The second-order valence-electron chi connectivity index (χ2n) is 7.60. The fraction of sp³-hybridized carbons (Fsp3) is 0.435. The molecule has 31 heavy (non-hydrogen) atoms. The summed E-state index contributed by atoms with van der Waals surface area (Å²) in [5.74, 6) is 0.711. The van der Waals surface area contributed by atoms with Crippen LogP contribution in [0.1, 0.15) is 37.8 Å². The number of methoxy groups -OCH3 is 2. The van der Waals surface area contributed by atoms with Crippen molar-refractivity contribution in [3.05, 3.63) is 54.1 Å². The molecule has 168 valence electrons. The van der Waals surface area contributed by atoms with Crippen LogP contribution in [0.4, 0.5) is 0 Å². The first-order valence-electron chi connectivity index (χ1n) is 10.5. The second kappa shape index (κ2) is 10.2. The summed E-state index contributed by atoms with van der Waals surface area (Å²) in [4.78, 5) is 13.3. The lowest BCUT2D eigenvalue weighted by atomic mass is 9.97. The van der Waals surface area contributed by atoms with Crippen LogP contribution < -0.4 is 14.8 Å². The molecule has 7 nitrogen and oxygen atoms in total. The van der Waals surface area contributed by atoms with Crippen molar-refractivity contribution in [3.63, 3.8) is 0 Å². The molecule has 2 atom stereocenters. The topological polar surface area (TPSA) is 84.9 Å². The highest BCUT2D eigenvalue weighted by molar-refractivity contribution is 7.89. The van der Waals surface area contributed by atoms with Crippen molar-refractivity contribution >= 4 is 15.9 Å². The van der Waals surface area contributed by atoms with E-state index in [0.717, 1.165) is 5.56 Å². The minimum Gasteiger partial charge on any atom is -0.493 e. The third kappa shape index (κ3) is 5.19. The zero-order valence-corrected chi connectivity index (χ0v) is 19.0. The fourth-order valence-corrected chi connectivity index (χ4v) is 5.44. The third-order valence-electron chi connectivity index (χ3n) is 5.67. The Morgan fingerprint density at radius 1 is 1.13 bits per heavy atom. The molecule has 1 N–H and O–H groups in total. The van der Waals surface area contributed by atoms with Crippen molar-refractivity contribution in [2.75, 3.05) is 27.3 Å². The number of nitrogens with zero attached hydrogens (tertiary/aromatic N) is 1. The average molecular weight is 447 g/mol. The molecule has 0 bridgehead atoms. The quantitative estimate of drug-likeness (QED) is 0.672. The van der Waals surface area contributed by atoms with Gasteiger partial charge < -0.3 is 14.8 Å². The smallest absolute Gasteiger partial charge is 0.243 e. The summed E-state index contributed by atoms with van der Waals surface area (Å²) in [6.07, 6.45) is 2.01. The van der Waals surface area contributed by atoms with Crippen LogP contribution >= 0.6 is 0 Å². The number of piperidine rings is 1. The van der Waals surface area contributed by atoms with Crippen molar-refractivity contribution in [1.29, 1.82) is 0 Å². The molecule has 3 rings (SSSR count). The van der Waals surface area contributed by atoms with Gasteiger partial charge in [0.2, 0.25) is 15.9 Å². The van der Waals surface area contributed by atoms with Crippen molar-refractivity contribution in [1.82, 2.24) is 9.62 Å². The van der Waals surface area contributed by atoms with Gasteiger partial charge in [0.05, 0.1) is 31.1 Å². The van der Waals surface area contributed by atoms with Gasteiger partial charge in [-0.1, -0.05) is 31.2 Å². The van der Waals surface area contributed by atoms with E-state index in [-0.39, 0.29) is 29.3 Å². The first-order chi connectivity index (χ1) is 14.9. The molecule has 1 aliphatic rings. The van der Waals surface area contributed by atoms with E-state index in [1.807, 2.05) is 25.1 Å². The van der Waals surface area contributed by atoms with Crippen LogP contribution in [-0.2, 0) is 14.8 Å². The Balaban J connectivity index is 1.72. The lowest BCUT2D eigenvalue weighted by molar-refractivity contribution is -0.126. The van der Waals surface area contributed by atoms with E-state index >= 15 is 0 Å². The minimum absolute atomic E-state index is 0.130. The van der Waals surface area contributed by atoms with Gasteiger partial charge in [-0.2, -0.15) is 4.31 Å². The lowest BCUT2D eigenvalue weighted by Crippen LogP contribution is -2.46. The Morgan fingerprint density at radius 2 is 1.84 bits per heavy atom. The van der Waals surface area contributed by atoms with Crippen LogP contribution in [0.3, 0.4) is 0 Å².